The van der Waals surface area contributed by atoms with Gasteiger partial charge in [0.2, 0.25) is 5.91 Å². The summed E-state index contributed by atoms with van der Waals surface area (Å²) in [6, 6.07) is 9.73. The first-order valence-electron chi connectivity index (χ1n) is 6.71. The van der Waals surface area contributed by atoms with E-state index >= 15 is 0 Å². The summed E-state index contributed by atoms with van der Waals surface area (Å²) in [5.41, 5.74) is 2.82. The largest absolute Gasteiger partial charge is 0.326 e. The number of hydrogen-bond acceptors (Lipinski definition) is 2. The molecule has 0 spiro atoms. The van der Waals surface area contributed by atoms with E-state index in [1.54, 1.807) is 6.20 Å². The van der Waals surface area contributed by atoms with E-state index in [1.165, 1.54) is 19.3 Å². The third kappa shape index (κ3) is 2.84. The number of hydrogen-bond donors (Lipinski definition) is 2. The van der Waals surface area contributed by atoms with Crippen LogP contribution in [-0.2, 0) is 4.79 Å². The van der Waals surface area contributed by atoms with Crippen molar-refractivity contribution >= 4 is 11.6 Å². The number of carbonyl (C=O) groups excluding carboxylic acids is 1. The molecule has 3 rings (SSSR count). The van der Waals surface area contributed by atoms with Gasteiger partial charge >= 0.3 is 0 Å². The van der Waals surface area contributed by atoms with Gasteiger partial charge < -0.3 is 5.32 Å². The van der Waals surface area contributed by atoms with Crippen molar-refractivity contribution in [1.82, 2.24) is 10.2 Å². The van der Waals surface area contributed by atoms with Gasteiger partial charge in [-0.2, -0.15) is 5.10 Å². The minimum Gasteiger partial charge on any atom is -0.326 e. The minimum atomic E-state index is 0.117. The molecule has 0 radical (unpaired) electrons. The predicted molar refractivity (Wildman–Crippen MR) is 74.6 cm³/mol. The second-order valence-electron chi connectivity index (χ2n) is 5.10. The quantitative estimate of drug-likeness (QED) is 0.881. The molecule has 19 heavy (non-hydrogen) atoms. The molecular weight excluding hydrogens is 238 g/mol. The van der Waals surface area contributed by atoms with Crippen molar-refractivity contribution in [1.29, 1.82) is 0 Å². The summed E-state index contributed by atoms with van der Waals surface area (Å²) in [4.78, 5) is 11.9. The zero-order valence-electron chi connectivity index (χ0n) is 10.7. The van der Waals surface area contributed by atoms with Crippen LogP contribution in [0.4, 0.5) is 5.69 Å². The van der Waals surface area contributed by atoms with E-state index in [4.69, 9.17) is 0 Å². The fourth-order valence-electron chi connectivity index (χ4n) is 2.35. The Kier molecular flexibility index (Phi) is 3.31. The van der Waals surface area contributed by atoms with Crippen molar-refractivity contribution in [3.05, 3.63) is 36.5 Å². The second kappa shape index (κ2) is 5.26. The highest BCUT2D eigenvalue weighted by Gasteiger charge is 2.20. The third-order valence-electron chi connectivity index (χ3n) is 3.66. The zero-order valence-corrected chi connectivity index (χ0v) is 10.7. The van der Waals surface area contributed by atoms with Crippen molar-refractivity contribution in [3.63, 3.8) is 0 Å². The van der Waals surface area contributed by atoms with Crippen molar-refractivity contribution < 1.29 is 4.79 Å². The van der Waals surface area contributed by atoms with Crippen LogP contribution < -0.4 is 5.32 Å². The molecule has 1 aromatic heterocycles. The summed E-state index contributed by atoms with van der Waals surface area (Å²) >= 11 is 0. The molecule has 1 aliphatic carbocycles. The molecule has 2 N–H and O–H groups in total. The average molecular weight is 255 g/mol. The number of amides is 1. The van der Waals surface area contributed by atoms with Crippen LogP contribution in [0.5, 0.6) is 0 Å². The predicted octanol–water partition coefficient (Wildman–Crippen LogP) is 3.21. The summed E-state index contributed by atoms with van der Waals surface area (Å²) in [5, 5.41) is 9.83. The fourth-order valence-corrected chi connectivity index (χ4v) is 2.35. The zero-order chi connectivity index (χ0) is 13.1. The topological polar surface area (TPSA) is 57.8 Å². The van der Waals surface area contributed by atoms with Crippen molar-refractivity contribution in [2.24, 2.45) is 5.92 Å². The lowest BCUT2D eigenvalue weighted by atomic mass is 9.83. The van der Waals surface area contributed by atoms with Crippen LogP contribution in [0.25, 0.3) is 11.3 Å². The number of aromatic nitrogens is 2. The summed E-state index contributed by atoms with van der Waals surface area (Å²) < 4.78 is 0. The smallest absolute Gasteiger partial charge is 0.224 e. The lowest BCUT2D eigenvalue weighted by molar-refractivity contribution is -0.117. The molecule has 4 nitrogen and oxygen atoms in total. The van der Waals surface area contributed by atoms with Gasteiger partial charge in [-0.05, 0) is 37.0 Å². The lowest BCUT2D eigenvalue weighted by Gasteiger charge is -2.24. The average Bonchev–Trinajstić information content (AvgIpc) is 2.88. The van der Waals surface area contributed by atoms with E-state index in [9.17, 15) is 4.79 Å². The molecule has 1 amide bonds. The van der Waals surface area contributed by atoms with Gasteiger partial charge in [0, 0.05) is 23.9 Å². The second-order valence-corrected chi connectivity index (χ2v) is 5.10. The highest BCUT2D eigenvalue weighted by molar-refractivity contribution is 5.91. The van der Waals surface area contributed by atoms with E-state index in [0.717, 1.165) is 16.9 Å². The highest BCUT2D eigenvalue weighted by Crippen LogP contribution is 2.29. The van der Waals surface area contributed by atoms with Crippen LogP contribution in [0.2, 0.25) is 0 Å². The van der Waals surface area contributed by atoms with Gasteiger partial charge in [-0.15, -0.1) is 0 Å². The van der Waals surface area contributed by atoms with Crippen LogP contribution in [-0.4, -0.2) is 16.1 Å². The maximum atomic E-state index is 11.9. The Morgan fingerprint density at radius 1 is 1.37 bits per heavy atom. The van der Waals surface area contributed by atoms with E-state index in [0.29, 0.717) is 12.3 Å². The van der Waals surface area contributed by atoms with E-state index in [2.05, 4.69) is 15.5 Å². The molecule has 4 heteroatoms. The van der Waals surface area contributed by atoms with Gasteiger partial charge in [-0.3, -0.25) is 9.89 Å². The molecule has 0 atom stereocenters. The SMILES string of the molecule is O=C(CC1CCC1)Nc1cccc(-c2ccn[nH]2)c1. The first kappa shape index (κ1) is 12.0. The Bertz CT molecular complexity index is 559. The first-order chi connectivity index (χ1) is 9.31. The number of rotatable bonds is 4. The molecule has 0 saturated heterocycles. The monoisotopic (exact) mass is 255 g/mol. The van der Waals surface area contributed by atoms with Gasteiger partial charge in [0.1, 0.15) is 0 Å². The van der Waals surface area contributed by atoms with E-state index < -0.39 is 0 Å². The maximum Gasteiger partial charge on any atom is 0.224 e. The molecule has 98 valence electrons. The summed E-state index contributed by atoms with van der Waals surface area (Å²) in [5.74, 6) is 0.710. The number of H-pyrrole nitrogens is 1. The molecular formula is C15H17N3O. The lowest BCUT2D eigenvalue weighted by Crippen LogP contribution is -2.20. The third-order valence-corrected chi connectivity index (χ3v) is 3.66. The molecule has 0 unspecified atom stereocenters. The Morgan fingerprint density at radius 2 is 2.26 bits per heavy atom. The Balaban J connectivity index is 1.67. The Labute approximate surface area is 112 Å². The molecule has 2 aromatic rings. The standard InChI is InChI=1S/C15H17N3O/c19-15(9-11-3-1-4-11)17-13-6-2-5-12(10-13)14-7-8-16-18-14/h2,5-8,10-11H,1,3-4,9H2,(H,16,18)(H,17,19). The number of benzene rings is 1. The van der Waals surface area contributed by atoms with E-state index in [-0.39, 0.29) is 5.91 Å². The molecule has 0 aliphatic heterocycles. The molecule has 1 aromatic carbocycles. The van der Waals surface area contributed by atoms with Gasteiger partial charge in [-0.1, -0.05) is 18.6 Å². The number of carbonyl (C=O) groups is 1. The Morgan fingerprint density at radius 3 is 2.95 bits per heavy atom. The number of nitrogens with one attached hydrogen (secondary N) is 2. The molecule has 1 heterocycles. The molecule has 0 bridgehead atoms. The normalized spacial score (nSPS) is 14.9. The number of nitrogens with zero attached hydrogens (tertiary/aromatic N) is 1. The maximum absolute atomic E-state index is 11.9. The van der Waals surface area contributed by atoms with Gasteiger partial charge in [0.15, 0.2) is 0 Å². The van der Waals surface area contributed by atoms with Crippen LogP contribution in [0.3, 0.4) is 0 Å². The summed E-state index contributed by atoms with van der Waals surface area (Å²) in [6.07, 6.45) is 6.03. The van der Waals surface area contributed by atoms with Crippen molar-refractivity contribution in [2.75, 3.05) is 5.32 Å². The van der Waals surface area contributed by atoms with Crippen LogP contribution in [0.15, 0.2) is 36.5 Å². The number of anilines is 1. The van der Waals surface area contributed by atoms with Crippen LogP contribution >= 0.6 is 0 Å². The Hall–Kier alpha value is -2.10. The summed E-state index contributed by atoms with van der Waals surface area (Å²) in [7, 11) is 0. The minimum absolute atomic E-state index is 0.117. The highest BCUT2D eigenvalue weighted by atomic mass is 16.1. The van der Waals surface area contributed by atoms with Gasteiger partial charge in [0.05, 0.1) is 5.69 Å². The first-order valence-corrected chi connectivity index (χ1v) is 6.71. The number of aromatic amines is 1. The van der Waals surface area contributed by atoms with Crippen molar-refractivity contribution in [2.45, 2.75) is 25.7 Å². The summed E-state index contributed by atoms with van der Waals surface area (Å²) in [6.45, 7) is 0. The van der Waals surface area contributed by atoms with Gasteiger partial charge in [0.25, 0.3) is 0 Å². The van der Waals surface area contributed by atoms with E-state index in [1.807, 2.05) is 30.3 Å². The van der Waals surface area contributed by atoms with Crippen molar-refractivity contribution in [3.8, 4) is 11.3 Å². The molecule has 1 aliphatic rings. The molecule has 1 saturated carbocycles. The van der Waals surface area contributed by atoms with Crippen LogP contribution in [0, 0.1) is 5.92 Å². The molecule has 1 fully saturated rings. The van der Waals surface area contributed by atoms with Gasteiger partial charge in [-0.25, -0.2) is 0 Å². The fraction of sp³-hybridized carbons (Fsp3) is 0.333. The van der Waals surface area contributed by atoms with Crippen LogP contribution in [0.1, 0.15) is 25.7 Å².